The molecule has 1 saturated heterocycles. The summed E-state index contributed by atoms with van der Waals surface area (Å²) in [5.74, 6) is -1.09. The minimum Gasteiger partial charge on any atom is -0.480 e. The molecule has 1 aliphatic rings. The minimum absolute atomic E-state index is 0.126. The number of carboxylic acid groups (broad SMARTS) is 1. The number of carboxylic acids is 1. The van der Waals surface area contributed by atoms with Gasteiger partial charge in [-0.2, -0.15) is 5.26 Å². The van der Waals surface area contributed by atoms with Crippen LogP contribution < -0.4 is 4.90 Å². The Morgan fingerprint density at radius 1 is 1.36 bits per heavy atom. The highest BCUT2D eigenvalue weighted by Crippen LogP contribution is 2.26. The molecule has 25 heavy (non-hydrogen) atoms. The third-order valence-electron chi connectivity index (χ3n) is 3.73. The molecule has 0 spiro atoms. The highest BCUT2D eigenvalue weighted by molar-refractivity contribution is 9.10. The van der Waals surface area contributed by atoms with Gasteiger partial charge in [0.25, 0.3) is 0 Å². The van der Waals surface area contributed by atoms with E-state index in [2.05, 4.69) is 22.0 Å². The lowest BCUT2D eigenvalue weighted by Gasteiger charge is -2.40. The number of ether oxygens (including phenoxy) is 1. The minimum atomic E-state index is -1.09. The van der Waals surface area contributed by atoms with E-state index in [-0.39, 0.29) is 13.1 Å². The van der Waals surface area contributed by atoms with Gasteiger partial charge in [0, 0.05) is 29.8 Å². The van der Waals surface area contributed by atoms with Crippen molar-refractivity contribution in [3.05, 3.63) is 28.2 Å². The van der Waals surface area contributed by atoms with E-state index in [1.165, 1.54) is 4.90 Å². The molecular weight excluding hydrogens is 390 g/mol. The normalized spacial score (nSPS) is 17.8. The van der Waals surface area contributed by atoms with Crippen LogP contribution in [0.25, 0.3) is 0 Å². The smallest absolute Gasteiger partial charge is 0.411 e. The Labute approximate surface area is 154 Å². The highest BCUT2D eigenvalue weighted by Gasteiger charge is 2.37. The lowest BCUT2D eigenvalue weighted by Crippen LogP contribution is -2.59. The number of carbonyl (C=O) groups excluding carboxylic acids is 1. The van der Waals surface area contributed by atoms with Crippen LogP contribution in [0.1, 0.15) is 26.3 Å². The molecule has 1 N–H and O–H groups in total. The predicted molar refractivity (Wildman–Crippen MR) is 95.4 cm³/mol. The van der Waals surface area contributed by atoms with Crippen molar-refractivity contribution in [2.45, 2.75) is 32.4 Å². The molecule has 2 rings (SSSR count). The second-order valence-corrected chi connectivity index (χ2v) is 7.60. The summed E-state index contributed by atoms with van der Waals surface area (Å²) in [6, 6.07) is 6.34. The molecule has 1 atom stereocenters. The van der Waals surface area contributed by atoms with E-state index in [1.807, 2.05) is 11.0 Å². The number of aliphatic carboxylic acids is 1. The third kappa shape index (κ3) is 4.63. The largest absolute Gasteiger partial charge is 0.480 e. The average Bonchev–Trinajstić information content (AvgIpc) is 2.53. The molecule has 1 aromatic carbocycles. The van der Waals surface area contributed by atoms with Gasteiger partial charge in [-0.25, -0.2) is 9.59 Å². The van der Waals surface area contributed by atoms with E-state index < -0.39 is 23.7 Å². The number of piperazine rings is 1. The Morgan fingerprint density at radius 3 is 2.60 bits per heavy atom. The molecule has 7 nitrogen and oxygen atoms in total. The van der Waals surface area contributed by atoms with Crippen molar-refractivity contribution in [3.8, 4) is 6.07 Å². The number of anilines is 1. The van der Waals surface area contributed by atoms with Crippen molar-refractivity contribution < 1.29 is 19.4 Å². The molecule has 134 valence electrons. The number of nitriles is 1. The number of rotatable bonds is 2. The van der Waals surface area contributed by atoms with Crippen LogP contribution >= 0.6 is 15.9 Å². The second-order valence-electron chi connectivity index (χ2n) is 6.75. The van der Waals surface area contributed by atoms with E-state index in [4.69, 9.17) is 10.00 Å². The predicted octanol–water partition coefficient (Wildman–Crippen LogP) is 2.83. The summed E-state index contributed by atoms with van der Waals surface area (Å²) in [6.45, 7) is 6.02. The molecule has 0 aliphatic carbocycles. The number of hydrogen-bond donors (Lipinski definition) is 1. The zero-order valence-electron chi connectivity index (χ0n) is 14.3. The van der Waals surface area contributed by atoms with Crippen molar-refractivity contribution in [1.82, 2.24) is 4.90 Å². The van der Waals surface area contributed by atoms with Gasteiger partial charge in [0.05, 0.1) is 5.56 Å². The molecule has 0 bridgehead atoms. The van der Waals surface area contributed by atoms with Crippen molar-refractivity contribution in [2.75, 3.05) is 24.5 Å². The van der Waals surface area contributed by atoms with Crippen molar-refractivity contribution in [2.24, 2.45) is 0 Å². The summed E-state index contributed by atoms with van der Waals surface area (Å²) in [5.41, 5.74) is 0.527. The van der Waals surface area contributed by atoms with Gasteiger partial charge in [0.1, 0.15) is 17.7 Å². The van der Waals surface area contributed by atoms with Crippen molar-refractivity contribution in [3.63, 3.8) is 0 Å². The maximum Gasteiger partial charge on any atom is 0.411 e. The first-order valence-electron chi connectivity index (χ1n) is 7.79. The first-order valence-corrected chi connectivity index (χ1v) is 8.58. The summed E-state index contributed by atoms with van der Waals surface area (Å²) < 4.78 is 5.99. The quantitative estimate of drug-likeness (QED) is 0.806. The van der Waals surface area contributed by atoms with E-state index in [0.29, 0.717) is 16.6 Å². The first-order chi connectivity index (χ1) is 11.6. The zero-order valence-corrected chi connectivity index (χ0v) is 15.9. The molecule has 1 heterocycles. The second kappa shape index (κ2) is 7.31. The lowest BCUT2D eigenvalue weighted by molar-refractivity contribution is -0.143. The van der Waals surface area contributed by atoms with E-state index >= 15 is 0 Å². The Kier molecular flexibility index (Phi) is 5.58. The summed E-state index contributed by atoms with van der Waals surface area (Å²) in [5, 5.41) is 18.7. The van der Waals surface area contributed by atoms with Crippen LogP contribution in [0.2, 0.25) is 0 Å². The monoisotopic (exact) mass is 409 g/mol. The summed E-state index contributed by atoms with van der Waals surface area (Å²) in [6.07, 6.45) is -0.631. The topological polar surface area (TPSA) is 93.9 Å². The number of halogens is 1. The van der Waals surface area contributed by atoms with Gasteiger partial charge in [0.15, 0.2) is 0 Å². The molecule has 1 aromatic rings. The zero-order chi connectivity index (χ0) is 18.8. The van der Waals surface area contributed by atoms with Gasteiger partial charge in [-0.15, -0.1) is 0 Å². The van der Waals surface area contributed by atoms with Gasteiger partial charge in [0.2, 0.25) is 0 Å². The molecule has 1 fully saturated rings. The molecular formula is C17H20BrN3O4. The van der Waals surface area contributed by atoms with Crippen LogP contribution in [0.15, 0.2) is 22.7 Å². The van der Waals surface area contributed by atoms with Gasteiger partial charge < -0.3 is 14.7 Å². The molecule has 0 radical (unpaired) electrons. The van der Waals surface area contributed by atoms with Crippen LogP contribution in [0.3, 0.4) is 0 Å². The van der Waals surface area contributed by atoms with Gasteiger partial charge in [-0.1, -0.05) is 0 Å². The highest BCUT2D eigenvalue weighted by atomic mass is 79.9. The Morgan fingerprint density at radius 2 is 2.04 bits per heavy atom. The summed E-state index contributed by atoms with van der Waals surface area (Å²) in [4.78, 5) is 27.0. The fourth-order valence-electron chi connectivity index (χ4n) is 2.56. The van der Waals surface area contributed by atoms with Crippen molar-refractivity contribution in [1.29, 1.82) is 5.26 Å². The number of benzene rings is 1. The maximum absolute atomic E-state index is 12.3. The lowest BCUT2D eigenvalue weighted by atomic mass is 10.1. The number of carbonyl (C=O) groups is 2. The van der Waals surface area contributed by atoms with Crippen LogP contribution in [-0.2, 0) is 9.53 Å². The van der Waals surface area contributed by atoms with Crippen LogP contribution in [-0.4, -0.2) is 53.3 Å². The SMILES string of the molecule is CC(C)(C)OC(=O)N1CCN(c2ccc(Br)c(C#N)c2)C[C@H]1C(=O)O. The Bertz CT molecular complexity index is 724. The molecule has 1 aliphatic heterocycles. The van der Waals surface area contributed by atoms with Crippen molar-refractivity contribution >= 4 is 33.7 Å². The molecule has 0 unspecified atom stereocenters. The van der Waals surface area contributed by atoms with Crippen LogP contribution in [0.4, 0.5) is 10.5 Å². The molecule has 0 aromatic heterocycles. The van der Waals surface area contributed by atoms with E-state index in [9.17, 15) is 14.7 Å². The Balaban J connectivity index is 2.20. The fourth-order valence-corrected chi connectivity index (χ4v) is 2.90. The van der Waals surface area contributed by atoms with Gasteiger partial charge in [-0.3, -0.25) is 4.90 Å². The van der Waals surface area contributed by atoms with Gasteiger partial charge >= 0.3 is 12.1 Å². The average molecular weight is 410 g/mol. The van der Waals surface area contributed by atoms with Crippen LogP contribution in [0.5, 0.6) is 0 Å². The van der Waals surface area contributed by atoms with Crippen LogP contribution in [0, 0.1) is 11.3 Å². The molecule has 1 amide bonds. The number of hydrogen-bond acceptors (Lipinski definition) is 5. The van der Waals surface area contributed by atoms with E-state index in [0.717, 1.165) is 5.69 Å². The summed E-state index contributed by atoms with van der Waals surface area (Å²) in [7, 11) is 0. The first kappa shape index (κ1) is 19.1. The maximum atomic E-state index is 12.3. The molecule has 8 heteroatoms. The number of nitrogens with zero attached hydrogens (tertiary/aromatic N) is 3. The number of amides is 1. The van der Waals surface area contributed by atoms with Gasteiger partial charge in [-0.05, 0) is 54.9 Å². The van der Waals surface area contributed by atoms with E-state index in [1.54, 1.807) is 32.9 Å². The summed E-state index contributed by atoms with van der Waals surface area (Å²) >= 11 is 3.30. The molecule has 0 saturated carbocycles. The fraction of sp³-hybridized carbons (Fsp3) is 0.471. The third-order valence-corrected chi connectivity index (χ3v) is 4.42. The Hall–Kier alpha value is -2.27. The standard InChI is InChI=1S/C17H20BrN3O4/c1-17(2,3)25-16(24)21-7-6-20(10-14(21)15(22)23)12-4-5-13(18)11(8-12)9-19/h4-5,8,14H,6-7,10H2,1-3H3,(H,22,23)/t14-/m0/s1.